The smallest absolute Gasteiger partial charge is 0.262 e. The molecule has 0 aliphatic carbocycles. The Hall–Kier alpha value is -2.82. The summed E-state index contributed by atoms with van der Waals surface area (Å²) in [7, 11) is -3.82. The maximum Gasteiger partial charge on any atom is 0.262 e. The third-order valence-corrected chi connectivity index (χ3v) is 6.62. The van der Waals surface area contributed by atoms with Crippen LogP contribution in [0, 0.1) is 0 Å². The molecule has 2 heterocycles. The Balaban J connectivity index is 1.34. The van der Waals surface area contributed by atoms with E-state index in [1.807, 2.05) is 0 Å². The van der Waals surface area contributed by atoms with Crippen molar-refractivity contribution in [2.45, 2.75) is 11.3 Å². The molecule has 1 fully saturated rings. The number of hydrogen-bond acceptors (Lipinski definition) is 7. The van der Waals surface area contributed by atoms with Crippen LogP contribution in [-0.4, -0.2) is 71.8 Å². The average molecular weight is 462 g/mol. The molecule has 4 rings (SSSR count). The first kappa shape index (κ1) is 22.4. The van der Waals surface area contributed by atoms with Crippen molar-refractivity contribution in [2.75, 3.05) is 57.3 Å². The van der Waals surface area contributed by atoms with Crippen molar-refractivity contribution in [3.05, 3.63) is 48.0 Å². The zero-order valence-corrected chi connectivity index (χ0v) is 18.5. The lowest BCUT2D eigenvalue weighted by atomic mass is 10.2. The molecule has 0 spiro atoms. The molecule has 0 atom stereocenters. The summed E-state index contributed by atoms with van der Waals surface area (Å²) >= 11 is 0. The van der Waals surface area contributed by atoms with Crippen LogP contribution in [0.4, 0.5) is 5.69 Å². The normalized spacial score (nSPS) is 16.8. The number of carbonyl (C=O) groups is 1. The van der Waals surface area contributed by atoms with Crippen molar-refractivity contribution in [1.82, 2.24) is 10.2 Å². The van der Waals surface area contributed by atoms with Crippen molar-refractivity contribution in [2.24, 2.45) is 0 Å². The second-order valence-electron chi connectivity index (χ2n) is 7.55. The van der Waals surface area contributed by atoms with Gasteiger partial charge in [0.15, 0.2) is 11.5 Å². The number of amides is 1. The van der Waals surface area contributed by atoms with Gasteiger partial charge in [0.1, 0.15) is 0 Å². The third-order valence-electron chi connectivity index (χ3n) is 5.25. The second-order valence-corrected chi connectivity index (χ2v) is 9.23. The molecule has 172 valence electrons. The first-order chi connectivity index (χ1) is 15.5. The molecule has 2 aromatic carbocycles. The van der Waals surface area contributed by atoms with Crippen molar-refractivity contribution in [1.29, 1.82) is 0 Å². The molecule has 1 saturated heterocycles. The number of fused-ring (bicyclic) bond motifs is 1. The quantitative estimate of drug-likeness (QED) is 0.647. The molecule has 10 heteroatoms. The van der Waals surface area contributed by atoms with Crippen LogP contribution in [0.1, 0.15) is 16.8 Å². The topological polar surface area (TPSA) is 106 Å². The Morgan fingerprint density at radius 2 is 1.66 bits per heavy atom. The number of rotatable bonds is 7. The van der Waals surface area contributed by atoms with Crippen LogP contribution in [0.3, 0.4) is 0 Å². The highest BCUT2D eigenvalue weighted by molar-refractivity contribution is 7.92. The molecule has 32 heavy (non-hydrogen) atoms. The molecule has 0 aromatic heterocycles. The maximum absolute atomic E-state index is 12.8. The van der Waals surface area contributed by atoms with Crippen LogP contribution in [-0.2, 0) is 14.8 Å². The minimum Gasteiger partial charge on any atom is -0.490 e. The van der Waals surface area contributed by atoms with Gasteiger partial charge in [-0.25, -0.2) is 8.42 Å². The van der Waals surface area contributed by atoms with Crippen LogP contribution in [0.5, 0.6) is 11.5 Å². The molecule has 0 unspecified atom stereocenters. The molecule has 0 saturated carbocycles. The third kappa shape index (κ3) is 5.70. The van der Waals surface area contributed by atoms with E-state index in [2.05, 4.69) is 14.9 Å². The number of hydrogen-bond donors (Lipinski definition) is 2. The Morgan fingerprint density at radius 1 is 0.938 bits per heavy atom. The fourth-order valence-corrected chi connectivity index (χ4v) is 4.54. The average Bonchev–Trinajstić information content (AvgIpc) is 3.05. The maximum atomic E-state index is 12.8. The molecule has 0 bridgehead atoms. The van der Waals surface area contributed by atoms with Gasteiger partial charge in [-0.05, 0) is 36.4 Å². The first-order valence-corrected chi connectivity index (χ1v) is 12.1. The molecule has 2 aliphatic rings. The molecule has 2 aliphatic heterocycles. The monoisotopic (exact) mass is 461 g/mol. The fourth-order valence-electron chi connectivity index (χ4n) is 3.47. The van der Waals surface area contributed by atoms with E-state index in [0.717, 1.165) is 39.3 Å². The highest BCUT2D eigenvalue weighted by Crippen LogP contribution is 2.32. The molecule has 2 aromatic rings. The lowest BCUT2D eigenvalue weighted by molar-refractivity contribution is 0.0383. The molecule has 1 amide bonds. The van der Waals surface area contributed by atoms with E-state index in [1.165, 1.54) is 12.1 Å². The predicted molar refractivity (Wildman–Crippen MR) is 119 cm³/mol. The van der Waals surface area contributed by atoms with Crippen LogP contribution >= 0.6 is 0 Å². The van der Waals surface area contributed by atoms with Crippen LogP contribution < -0.4 is 19.5 Å². The number of benzene rings is 2. The van der Waals surface area contributed by atoms with Crippen LogP contribution in [0.15, 0.2) is 47.4 Å². The Kier molecular flexibility index (Phi) is 7.13. The molecular formula is C22H27N3O6S. The van der Waals surface area contributed by atoms with E-state index in [0.29, 0.717) is 42.5 Å². The van der Waals surface area contributed by atoms with Crippen molar-refractivity contribution < 1.29 is 27.4 Å². The number of nitrogens with one attached hydrogen (secondary N) is 2. The van der Waals surface area contributed by atoms with Gasteiger partial charge in [0.05, 0.1) is 31.3 Å². The highest BCUT2D eigenvalue weighted by atomic mass is 32.2. The minimum absolute atomic E-state index is 0.0756. The number of morpholine rings is 1. The van der Waals surface area contributed by atoms with Gasteiger partial charge in [0.25, 0.3) is 15.9 Å². The van der Waals surface area contributed by atoms with Crippen molar-refractivity contribution in [3.63, 3.8) is 0 Å². The highest BCUT2D eigenvalue weighted by Gasteiger charge is 2.19. The Labute approximate surface area is 187 Å². The number of anilines is 1. The van der Waals surface area contributed by atoms with E-state index in [9.17, 15) is 13.2 Å². The number of nitrogens with zero attached hydrogens (tertiary/aromatic N) is 1. The minimum atomic E-state index is -3.82. The first-order valence-electron chi connectivity index (χ1n) is 10.6. The van der Waals surface area contributed by atoms with Gasteiger partial charge in [-0.15, -0.1) is 0 Å². The zero-order chi connectivity index (χ0) is 22.4. The van der Waals surface area contributed by atoms with E-state index in [4.69, 9.17) is 14.2 Å². The van der Waals surface area contributed by atoms with Gasteiger partial charge in [0.2, 0.25) is 0 Å². The van der Waals surface area contributed by atoms with Gasteiger partial charge in [-0.2, -0.15) is 0 Å². The Bertz CT molecular complexity index is 1040. The lowest BCUT2D eigenvalue weighted by Crippen LogP contribution is -2.41. The SMILES string of the molecule is O=C(NCCN1CCOCC1)c1ccc(NS(=O)(=O)c2ccc3c(c2)OCCCO3)cc1. The largest absolute Gasteiger partial charge is 0.490 e. The van der Waals surface area contributed by atoms with Crippen LogP contribution in [0.2, 0.25) is 0 Å². The van der Waals surface area contributed by atoms with Gasteiger partial charge in [0, 0.05) is 49.9 Å². The standard InChI is InChI=1S/C22H27N3O6S/c26-22(23-8-9-25-10-14-29-15-11-25)17-2-4-18(5-3-17)24-32(27,28)19-6-7-20-21(16-19)31-13-1-12-30-20/h2-7,16,24H,1,8-15H2,(H,23,26). The molecule has 2 N–H and O–H groups in total. The number of carbonyl (C=O) groups excluding carboxylic acids is 1. The van der Waals surface area contributed by atoms with E-state index in [-0.39, 0.29) is 10.8 Å². The lowest BCUT2D eigenvalue weighted by Gasteiger charge is -2.26. The molecular weight excluding hydrogens is 434 g/mol. The zero-order valence-electron chi connectivity index (χ0n) is 17.7. The summed E-state index contributed by atoms with van der Waals surface area (Å²) in [6.07, 6.45) is 0.738. The van der Waals surface area contributed by atoms with Crippen LogP contribution in [0.25, 0.3) is 0 Å². The summed E-state index contributed by atoms with van der Waals surface area (Å²) in [4.78, 5) is 14.7. The number of sulfonamides is 1. The predicted octanol–water partition coefficient (Wildman–Crippen LogP) is 1.71. The van der Waals surface area contributed by atoms with Gasteiger partial charge in [-0.1, -0.05) is 0 Å². The van der Waals surface area contributed by atoms with Gasteiger partial charge >= 0.3 is 0 Å². The number of ether oxygens (including phenoxy) is 3. The van der Waals surface area contributed by atoms with E-state index < -0.39 is 10.0 Å². The van der Waals surface area contributed by atoms with Gasteiger partial charge in [-0.3, -0.25) is 14.4 Å². The Morgan fingerprint density at radius 3 is 2.41 bits per heavy atom. The van der Waals surface area contributed by atoms with Gasteiger partial charge < -0.3 is 19.5 Å². The molecule has 9 nitrogen and oxygen atoms in total. The van der Waals surface area contributed by atoms with E-state index >= 15 is 0 Å². The molecule has 0 radical (unpaired) electrons. The van der Waals surface area contributed by atoms with Crippen molar-refractivity contribution >= 4 is 21.6 Å². The summed E-state index contributed by atoms with van der Waals surface area (Å²) in [5, 5.41) is 2.89. The van der Waals surface area contributed by atoms with E-state index in [1.54, 1.807) is 30.3 Å². The summed E-state index contributed by atoms with van der Waals surface area (Å²) in [5.41, 5.74) is 0.826. The second kappa shape index (κ2) is 10.2. The summed E-state index contributed by atoms with van der Waals surface area (Å²) in [5.74, 6) is 0.746. The summed E-state index contributed by atoms with van der Waals surface area (Å²) in [6.45, 7) is 5.49. The fraction of sp³-hybridized carbons (Fsp3) is 0.409. The summed E-state index contributed by atoms with van der Waals surface area (Å²) < 4.78 is 44.5. The van der Waals surface area contributed by atoms with Crippen molar-refractivity contribution in [3.8, 4) is 11.5 Å². The summed E-state index contributed by atoms with van der Waals surface area (Å²) in [6, 6.07) is 10.9.